The van der Waals surface area contributed by atoms with Crippen LogP contribution in [-0.4, -0.2) is 27.4 Å². The maximum atomic E-state index is 11.9. The number of hydrogen-bond acceptors (Lipinski definition) is 4. The van der Waals surface area contributed by atoms with E-state index >= 15 is 0 Å². The largest absolute Gasteiger partial charge is 0.355 e. The van der Waals surface area contributed by atoms with Gasteiger partial charge in [0.25, 0.3) is 0 Å². The van der Waals surface area contributed by atoms with Crippen molar-refractivity contribution in [2.75, 3.05) is 13.1 Å². The van der Waals surface area contributed by atoms with Crippen LogP contribution < -0.4 is 10.0 Å². The molecule has 0 radical (unpaired) electrons. The number of carbonyl (C=O) groups excluding carboxylic acids is 1. The molecule has 1 rings (SSSR count). The molecule has 0 bridgehead atoms. The Morgan fingerprint density at radius 2 is 2.16 bits per heavy atom. The van der Waals surface area contributed by atoms with Crippen LogP contribution >= 0.6 is 11.6 Å². The number of nitrogens with one attached hydrogen (secondary N) is 2. The van der Waals surface area contributed by atoms with Gasteiger partial charge >= 0.3 is 0 Å². The molecular formula is C11H12ClN3O3S. The number of hydrogen-bond donors (Lipinski definition) is 2. The second-order valence-electron chi connectivity index (χ2n) is 3.54. The first kappa shape index (κ1) is 15.4. The molecule has 0 aromatic heterocycles. The van der Waals surface area contributed by atoms with E-state index in [1.807, 2.05) is 6.07 Å². The summed E-state index contributed by atoms with van der Waals surface area (Å²) in [4.78, 5) is 11.0. The molecule has 0 fully saturated rings. The molecule has 1 amide bonds. The van der Waals surface area contributed by atoms with E-state index < -0.39 is 15.9 Å². The van der Waals surface area contributed by atoms with E-state index in [-0.39, 0.29) is 22.0 Å². The van der Waals surface area contributed by atoms with Crippen molar-refractivity contribution in [3.63, 3.8) is 0 Å². The van der Waals surface area contributed by atoms with Crippen LogP contribution in [0.1, 0.15) is 12.5 Å². The Hall–Kier alpha value is -1.62. The van der Waals surface area contributed by atoms with Gasteiger partial charge in [-0.25, -0.2) is 13.1 Å². The molecule has 8 heteroatoms. The molecule has 0 aliphatic rings. The Morgan fingerprint density at radius 1 is 1.47 bits per heavy atom. The van der Waals surface area contributed by atoms with E-state index in [1.54, 1.807) is 6.92 Å². The van der Waals surface area contributed by atoms with Gasteiger partial charge in [-0.05, 0) is 25.1 Å². The van der Waals surface area contributed by atoms with Gasteiger partial charge in [-0.1, -0.05) is 11.6 Å². The first-order valence-electron chi connectivity index (χ1n) is 5.36. The standard InChI is InChI=1S/C11H12ClN3O3S/c1-2-14-11(16)7-15-19(17,18)10-5-8(6-13)3-4-9(10)12/h3-5,15H,2,7H2,1H3,(H,14,16). The molecule has 6 nitrogen and oxygen atoms in total. The Kier molecular flexibility index (Phi) is 5.30. The van der Waals surface area contributed by atoms with Crippen molar-refractivity contribution in [3.8, 4) is 6.07 Å². The summed E-state index contributed by atoms with van der Waals surface area (Å²) in [5, 5.41) is 11.2. The fourth-order valence-electron chi connectivity index (χ4n) is 1.28. The highest BCUT2D eigenvalue weighted by Gasteiger charge is 2.19. The van der Waals surface area contributed by atoms with E-state index in [1.165, 1.54) is 12.1 Å². The van der Waals surface area contributed by atoms with Gasteiger partial charge in [0.05, 0.1) is 23.2 Å². The molecule has 0 aliphatic heterocycles. The SMILES string of the molecule is CCNC(=O)CNS(=O)(=O)c1cc(C#N)ccc1Cl. The summed E-state index contributed by atoms with van der Waals surface area (Å²) in [7, 11) is -3.93. The molecular weight excluding hydrogens is 290 g/mol. The van der Waals surface area contributed by atoms with E-state index in [0.717, 1.165) is 6.07 Å². The van der Waals surface area contributed by atoms with Crippen molar-refractivity contribution in [3.05, 3.63) is 28.8 Å². The van der Waals surface area contributed by atoms with Gasteiger partial charge in [0, 0.05) is 6.54 Å². The lowest BCUT2D eigenvalue weighted by Gasteiger charge is -2.08. The zero-order valence-corrected chi connectivity index (χ0v) is 11.7. The van der Waals surface area contributed by atoms with Gasteiger partial charge in [-0.15, -0.1) is 0 Å². The maximum absolute atomic E-state index is 11.9. The van der Waals surface area contributed by atoms with Crippen molar-refractivity contribution >= 4 is 27.5 Å². The van der Waals surface area contributed by atoms with Crippen LogP contribution in [0.4, 0.5) is 0 Å². The molecule has 1 aromatic carbocycles. The van der Waals surface area contributed by atoms with Gasteiger partial charge in [-0.2, -0.15) is 5.26 Å². The minimum Gasteiger partial charge on any atom is -0.355 e. The fraction of sp³-hybridized carbons (Fsp3) is 0.273. The lowest BCUT2D eigenvalue weighted by atomic mass is 10.2. The van der Waals surface area contributed by atoms with E-state index in [2.05, 4.69) is 10.0 Å². The summed E-state index contributed by atoms with van der Waals surface area (Å²) >= 11 is 5.79. The molecule has 0 spiro atoms. The lowest BCUT2D eigenvalue weighted by Crippen LogP contribution is -2.36. The lowest BCUT2D eigenvalue weighted by molar-refractivity contribution is -0.119. The van der Waals surface area contributed by atoms with Crippen molar-refractivity contribution < 1.29 is 13.2 Å². The second kappa shape index (κ2) is 6.52. The summed E-state index contributed by atoms with van der Waals surface area (Å²) in [5.41, 5.74) is 0.169. The number of amides is 1. The van der Waals surface area contributed by atoms with E-state index in [0.29, 0.717) is 6.54 Å². The second-order valence-corrected chi connectivity index (χ2v) is 5.68. The first-order valence-corrected chi connectivity index (χ1v) is 7.23. The molecule has 0 unspecified atom stereocenters. The highest BCUT2D eigenvalue weighted by atomic mass is 35.5. The van der Waals surface area contributed by atoms with Crippen LogP contribution in [-0.2, 0) is 14.8 Å². The normalized spacial score (nSPS) is 10.8. The highest BCUT2D eigenvalue weighted by molar-refractivity contribution is 7.89. The van der Waals surface area contributed by atoms with Crippen LogP contribution in [0.15, 0.2) is 23.1 Å². The molecule has 2 N–H and O–H groups in total. The third-order valence-corrected chi connectivity index (χ3v) is 4.03. The van der Waals surface area contributed by atoms with Gasteiger partial charge < -0.3 is 5.32 Å². The van der Waals surface area contributed by atoms with Gasteiger partial charge in [0.15, 0.2) is 0 Å². The maximum Gasteiger partial charge on any atom is 0.242 e. The number of carbonyl (C=O) groups is 1. The highest BCUT2D eigenvalue weighted by Crippen LogP contribution is 2.22. The number of nitrogens with zero attached hydrogens (tertiary/aromatic N) is 1. The fourth-order valence-corrected chi connectivity index (χ4v) is 2.78. The summed E-state index contributed by atoms with van der Waals surface area (Å²) < 4.78 is 26.0. The topological polar surface area (TPSA) is 99.1 Å². The Labute approximate surface area is 116 Å². The smallest absolute Gasteiger partial charge is 0.242 e. The monoisotopic (exact) mass is 301 g/mol. The molecule has 0 saturated heterocycles. The number of rotatable bonds is 5. The number of likely N-dealkylation sites (N-methyl/N-ethyl adjacent to an activating group) is 1. The average Bonchev–Trinajstić information content (AvgIpc) is 2.37. The van der Waals surface area contributed by atoms with Crippen LogP contribution in [0.2, 0.25) is 5.02 Å². The molecule has 0 saturated carbocycles. The molecule has 0 heterocycles. The zero-order chi connectivity index (χ0) is 14.5. The third kappa shape index (κ3) is 4.21. The number of nitriles is 1. The van der Waals surface area contributed by atoms with Gasteiger partial charge in [0.1, 0.15) is 4.90 Å². The predicted molar refractivity (Wildman–Crippen MR) is 70.0 cm³/mol. The van der Waals surface area contributed by atoms with E-state index in [4.69, 9.17) is 16.9 Å². The average molecular weight is 302 g/mol. The minimum atomic E-state index is -3.93. The predicted octanol–water partition coefficient (Wildman–Crippen LogP) is 0.626. The van der Waals surface area contributed by atoms with Crippen LogP contribution in [0.25, 0.3) is 0 Å². The van der Waals surface area contributed by atoms with Crippen LogP contribution in [0.5, 0.6) is 0 Å². The Balaban J connectivity index is 2.95. The quantitative estimate of drug-likeness (QED) is 0.833. The Bertz CT molecular complexity index is 623. The zero-order valence-electron chi connectivity index (χ0n) is 10.1. The summed E-state index contributed by atoms with van der Waals surface area (Å²) in [6.07, 6.45) is 0. The summed E-state index contributed by atoms with van der Waals surface area (Å²) in [6, 6.07) is 5.70. The van der Waals surface area contributed by atoms with Crippen molar-refractivity contribution in [1.29, 1.82) is 5.26 Å². The van der Waals surface area contributed by atoms with Crippen LogP contribution in [0, 0.1) is 11.3 Å². The van der Waals surface area contributed by atoms with Crippen LogP contribution in [0.3, 0.4) is 0 Å². The van der Waals surface area contributed by atoms with Crippen molar-refractivity contribution in [2.24, 2.45) is 0 Å². The van der Waals surface area contributed by atoms with E-state index in [9.17, 15) is 13.2 Å². The van der Waals surface area contributed by atoms with Gasteiger partial charge in [-0.3, -0.25) is 4.79 Å². The number of halogens is 1. The molecule has 102 valence electrons. The number of sulfonamides is 1. The Morgan fingerprint density at radius 3 is 2.74 bits per heavy atom. The first-order chi connectivity index (χ1) is 8.90. The van der Waals surface area contributed by atoms with Crippen molar-refractivity contribution in [1.82, 2.24) is 10.0 Å². The number of benzene rings is 1. The minimum absolute atomic E-state index is 0.0117. The van der Waals surface area contributed by atoms with Crippen molar-refractivity contribution in [2.45, 2.75) is 11.8 Å². The summed E-state index contributed by atoms with van der Waals surface area (Å²) in [5.74, 6) is -0.446. The molecule has 0 aliphatic carbocycles. The summed E-state index contributed by atoms with van der Waals surface area (Å²) in [6.45, 7) is 1.74. The molecule has 1 aromatic rings. The molecule has 0 atom stereocenters. The third-order valence-electron chi connectivity index (χ3n) is 2.15. The molecule has 19 heavy (non-hydrogen) atoms. The van der Waals surface area contributed by atoms with Gasteiger partial charge in [0.2, 0.25) is 15.9 Å².